The quantitative estimate of drug-likeness (QED) is 0.530. The van der Waals surface area contributed by atoms with Crippen LogP contribution in [0, 0.1) is 13.8 Å². The zero-order valence-electron chi connectivity index (χ0n) is 16.2. The van der Waals surface area contributed by atoms with Crippen LogP contribution in [0.4, 0.5) is 5.82 Å². The second kappa shape index (κ2) is 6.88. The first-order valence-electron chi connectivity index (χ1n) is 9.24. The molecule has 2 heterocycles. The highest BCUT2D eigenvalue weighted by Crippen LogP contribution is 2.26. The van der Waals surface area contributed by atoms with Gasteiger partial charge in [-0.15, -0.1) is 0 Å². The molecule has 1 atom stereocenters. The highest BCUT2D eigenvalue weighted by molar-refractivity contribution is 5.85. The van der Waals surface area contributed by atoms with Crippen molar-refractivity contribution < 1.29 is 0 Å². The van der Waals surface area contributed by atoms with E-state index in [9.17, 15) is 0 Å². The fourth-order valence-electron chi connectivity index (χ4n) is 3.37. The number of hydrogen-bond acceptors (Lipinski definition) is 3. The van der Waals surface area contributed by atoms with Crippen molar-refractivity contribution in [1.82, 2.24) is 14.5 Å². The molecule has 0 saturated carbocycles. The lowest BCUT2D eigenvalue weighted by Gasteiger charge is -2.16. The van der Waals surface area contributed by atoms with E-state index >= 15 is 0 Å². The predicted octanol–water partition coefficient (Wildman–Crippen LogP) is 5.43. The van der Waals surface area contributed by atoms with Crippen molar-refractivity contribution in [3.05, 3.63) is 77.7 Å². The van der Waals surface area contributed by atoms with Crippen molar-refractivity contribution >= 4 is 16.7 Å². The van der Waals surface area contributed by atoms with Gasteiger partial charge in [0.2, 0.25) is 0 Å². The smallest absolute Gasteiger partial charge is 0.130 e. The lowest BCUT2D eigenvalue weighted by Crippen LogP contribution is -2.09. The molecular formula is C23H24N4. The normalized spacial score (nSPS) is 12.3. The number of anilines is 1. The van der Waals surface area contributed by atoms with E-state index in [-0.39, 0.29) is 6.04 Å². The van der Waals surface area contributed by atoms with Gasteiger partial charge >= 0.3 is 0 Å². The highest BCUT2D eigenvalue weighted by Gasteiger charge is 2.10. The summed E-state index contributed by atoms with van der Waals surface area (Å²) in [4.78, 5) is 9.24. The van der Waals surface area contributed by atoms with Gasteiger partial charge in [-0.2, -0.15) is 0 Å². The zero-order valence-corrected chi connectivity index (χ0v) is 16.2. The number of hydrogen-bond donors (Lipinski definition) is 1. The van der Waals surface area contributed by atoms with E-state index in [1.165, 1.54) is 22.0 Å². The van der Waals surface area contributed by atoms with Crippen molar-refractivity contribution in [3.63, 3.8) is 0 Å². The summed E-state index contributed by atoms with van der Waals surface area (Å²) in [5, 5.41) is 4.75. The Morgan fingerprint density at radius 3 is 2.48 bits per heavy atom. The molecule has 4 heteroatoms. The summed E-state index contributed by atoms with van der Waals surface area (Å²) in [7, 11) is 2.06. The number of fused-ring (bicyclic) bond motifs is 1. The van der Waals surface area contributed by atoms with Crippen LogP contribution in [0.15, 0.2) is 60.8 Å². The molecule has 4 aromatic rings. The van der Waals surface area contributed by atoms with Gasteiger partial charge in [-0.3, -0.25) is 0 Å². The van der Waals surface area contributed by atoms with Gasteiger partial charge in [0.25, 0.3) is 0 Å². The maximum Gasteiger partial charge on any atom is 0.130 e. The van der Waals surface area contributed by atoms with Crippen molar-refractivity contribution in [1.29, 1.82) is 0 Å². The fraction of sp³-hybridized carbons (Fsp3) is 0.217. The first-order valence-corrected chi connectivity index (χ1v) is 9.24. The first kappa shape index (κ1) is 17.3. The first-order chi connectivity index (χ1) is 13.0. The Balaban J connectivity index is 1.66. The molecule has 4 nitrogen and oxygen atoms in total. The van der Waals surface area contributed by atoms with Crippen LogP contribution >= 0.6 is 0 Å². The van der Waals surface area contributed by atoms with Crippen LogP contribution in [0.5, 0.6) is 0 Å². The monoisotopic (exact) mass is 356 g/mol. The van der Waals surface area contributed by atoms with E-state index < -0.39 is 0 Å². The SMILES string of the molecule is Cc1ccc([C@H](C)Nc2cc(-c3ccc4ccn(C)c4c3)nc(C)n2)cc1. The minimum Gasteiger partial charge on any atom is -0.363 e. The summed E-state index contributed by atoms with van der Waals surface area (Å²) in [6.07, 6.45) is 2.08. The van der Waals surface area contributed by atoms with Crippen molar-refractivity contribution in [2.75, 3.05) is 5.32 Å². The van der Waals surface area contributed by atoms with Crippen LogP contribution in [-0.4, -0.2) is 14.5 Å². The molecule has 0 aliphatic carbocycles. The number of rotatable bonds is 4. The summed E-state index contributed by atoms with van der Waals surface area (Å²) < 4.78 is 2.13. The average Bonchev–Trinajstić information content (AvgIpc) is 3.02. The molecule has 136 valence electrons. The number of aromatic nitrogens is 3. The van der Waals surface area contributed by atoms with E-state index in [0.29, 0.717) is 0 Å². The third-order valence-corrected chi connectivity index (χ3v) is 4.96. The molecule has 0 aliphatic heterocycles. The Morgan fingerprint density at radius 2 is 1.70 bits per heavy atom. The van der Waals surface area contributed by atoms with Crippen LogP contribution in [0.3, 0.4) is 0 Å². The summed E-state index contributed by atoms with van der Waals surface area (Å²) in [6, 6.07) is 19.4. The molecule has 4 rings (SSSR count). The van der Waals surface area contributed by atoms with Gasteiger partial charge in [0, 0.05) is 36.4 Å². The number of aryl methyl sites for hydroxylation is 3. The number of nitrogens with one attached hydrogen (secondary N) is 1. The maximum atomic E-state index is 4.66. The molecule has 0 radical (unpaired) electrons. The molecule has 0 amide bonds. The van der Waals surface area contributed by atoms with E-state index in [1.54, 1.807) is 0 Å². The van der Waals surface area contributed by atoms with Gasteiger partial charge in [-0.1, -0.05) is 42.0 Å². The van der Waals surface area contributed by atoms with E-state index in [1.807, 2.05) is 13.0 Å². The Kier molecular flexibility index (Phi) is 4.40. The predicted molar refractivity (Wildman–Crippen MR) is 112 cm³/mol. The lowest BCUT2D eigenvalue weighted by molar-refractivity contribution is 0.867. The summed E-state index contributed by atoms with van der Waals surface area (Å²) in [5.74, 6) is 1.61. The molecule has 0 spiro atoms. The van der Waals surface area contributed by atoms with Gasteiger partial charge in [-0.05, 0) is 43.9 Å². The molecule has 2 aromatic carbocycles. The average molecular weight is 356 g/mol. The van der Waals surface area contributed by atoms with Gasteiger partial charge in [0.1, 0.15) is 11.6 Å². The van der Waals surface area contributed by atoms with Crippen molar-refractivity contribution in [2.24, 2.45) is 7.05 Å². The molecule has 0 fully saturated rings. The molecule has 0 aliphatic rings. The summed E-state index contributed by atoms with van der Waals surface area (Å²) >= 11 is 0. The molecule has 0 saturated heterocycles. The molecule has 1 N–H and O–H groups in total. The van der Waals surface area contributed by atoms with Gasteiger partial charge in [0.15, 0.2) is 0 Å². The van der Waals surface area contributed by atoms with E-state index in [4.69, 9.17) is 0 Å². The Labute approximate surface area is 159 Å². The van der Waals surface area contributed by atoms with E-state index in [2.05, 4.69) is 95.5 Å². The molecular weight excluding hydrogens is 332 g/mol. The van der Waals surface area contributed by atoms with Crippen LogP contribution in [0.25, 0.3) is 22.2 Å². The van der Waals surface area contributed by atoms with Crippen LogP contribution in [-0.2, 0) is 7.05 Å². The molecule has 27 heavy (non-hydrogen) atoms. The minimum absolute atomic E-state index is 0.170. The van der Waals surface area contributed by atoms with Crippen LogP contribution in [0.2, 0.25) is 0 Å². The summed E-state index contributed by atoms with van der Waals surface area (Å²) in [5.41, 5.74) is 5.74. The Bertz CT molecular complexity index is 1090. The second-order valence-electron chi connectivity index (χ2n) is 7.16. The van der Waals surface area contributed by atoms with Crippen molar-refractivity contribution in [2.45, 2.75) is 26.8 Å². The fourth-order valence-corrected chi connectivity index (χ4v) is 3.37. The third-order valence-electron chi connectivity index (χ3n) is 4.96. The Hall–Kier alpha value is -3.14. The summed E-state index contributed by atoms with van der Waals surface area (Å²) in [6.45, 7) is 6.19. The Morgan fingerprint density at radius 1 is 0.926 bits per heavy atom. The van der Waals surface area contributed by atoms with E-state index in [0.717, 1.165) is 22.9 Å². The zero-order chi connectivity index (χ0) is 19.0. The lowest BCUT2D eigenvalue weighted by atomic mass is 10.1. The minimum atomic E-state index is 0.170. The van der Waals surface area contributed by atoms with Gasteiger partial charge < -0.3 is 9.88 Å². The van der Waals surface area contributed by atoms with Gasteiger partial charge in [0.05, 0.1) is 5.69 Å². The molecule has 0 unspecified atom stereocenters. The number of benzene rings is 2. The maximum absolute atomic E-state index is 4.66. The van der Waals surface area contributed by atoms with Crippen molar-refractivity contribution in [3.8, 4) is 11.3 Å². The number of nitrogens with zero attached hydrogens (tertiary/aromatic N) is 3. The van der Waals surface area contributed by atoms with Gasteiger partial charge in [-0.25, -0.2) is 9.97 Å². The topological polar surface area (TPSA) is 42.7 Å². The van der Waals surface area contributed by atoms with Crippen LogP contribution < -0.4 is 5.32 Å². The highest BCUT2D eigenvalue weighted by atomic mass is 15.0. The second-order valence-corrected chi connectivity index (χ2v) is 7.16. The largest absolute Gasteiger partial charge is 0.363 e. The molecule has 0 bridgehead atoms. The third kappa shape index (κ3) is 3.56. The molecule has 2 aromatic heterocycles. The van der Waals surface area contributed by atoms with Crippen LogP contribution in [0.1, 0.15) is 29.9 Å². The standard InChI is InChI=1S/C23H24N4/c1-15-5-7-18(8-6-15)16(2)24-23-14-21(25-17(3)26-23)20-10-9-19-11-12-27(4)22(19)13-20/h5-14,16H,1-4H3,(H,24,25,26)/t16-/m0/s1.